The van der Waals surface area contributed by atoms with Gasteiger partial charge in [0.1, 0.15) is 5.82 Å². The number of carboxylic acid groups (broad SMARTS) is 1. The van der Waals surface area contributed by atoms with E-state index in [9.17, 15) is 13.6 Å². The molecule has 0 bridgehead atoms. The quantitative estimate of drug-likeness (QED) is 0.800. The zero-order chi connectivity index (χ0) is 13.8. The van der Waals surface area contributed by atoms with Gasteiger partial charge >= 0.3 is 5.97 Å². The standard InChI is InChI=1S/C14H7F2NO2/c15-11-3-1-2-9(6-11)4-5-10-7-12(16)13(14(18)19)17-8-10/h1-3,6-8H,(H,18,19). The SMILES string of the molecule is O=C(O)c1ncc(C#Cc2cccc(F)c2)cc1F. The van der Waals surface area contributed by atoms with E-state index < -0.39 is 23.3 Å². The third-order valence-electron chi connectivity index (χ3n) is 2.22. The summed E-state index contributed by atoms with van der Waals surface area (Å²) in [5, 5.41) is 8.61. The van der Waals surface area contributed by atoms with Gasteiger partial charge in [0.25, 0.3) is 0 Å². The Morgan fingerprint density at radius 3 is 2.53 bits per heavy atom. The Kier molecular flexibility index (Phi) is 3.53. The van der Waals surface area contributed by atoms with E-state index >= 15 is 0 Å². The van der Waals surface area contributed by atoms with Gasteiger partial charge in [-0.05, 0) is 24.3 Å². The van der Waals surface area contributed by atoms with Crippen molar-refractivity contribution in [3.8, 4) is 11.8 Å². The molecule has 0 fully saturated rings. The molecule has 2 rings (SSSR count). The summed E-state index contributed by atoms with van der Waals surface area (Å²) in [5.74, 6) is 2.40. The molecule has 19 heavy (non-hydrogen) atoms. The molecule has 0 saturated carbocycles. The second-order valence-electron chi connectivity index (χ2n) is 3.62. The van der Waals surface area contributed by atoms with Crippen molar-refractivity contribution in [3.63, 3.8) is 0 Å². The highest BCUT2D eigenvalue weighted by molar-refractivity contribution is 5.85. The summed E-state index contributed by atoms with van der Waals surface area (Å²) >= 11 is 0. The van der Waals surface area contributed by atoms with Gasteiger partial charge in [0.2, 0.25) is 0 Å². The third-order valence-corrected chi connectivity index (χ3v) is 2.22. The highest BCUT2D eigenvalue weighted by atomic mass is 19.1. The van der Waals surface area contributed by atoms with Crippen LogP contribution in [-0.4, -0.2) is 16.1 Å². The Balaban J connectivity index is 2.30. The lowest BCUT2D eigenvalue weighted by Gasteiger charge is -1.96. The van der Waals surface area contributed by atoms with Gasteiger partial charge in [-0.25, -0.2) is 18.6 Å². The molecule has 0 radical (unpaired) electrons. The highest BCUT2D eigenvalue weighted by Gasteiger charge is 2.11. The molecule has 0 saturated heterocycles. The molecule has 1 N–H and O–H groups in total. The molecule has 1 heterocycles. The first-order chi connectivity index (χ1) is 9.06. The number of halogens is 2. The van der Waals surface area contributed by atoms with Crippen LogP contribution in [0.4, 0.5) is 8.78 Å². The van der Waals surface area contributed by atoms with E-state index in [4.69, 9.17) is 5.11 Å². The Bertz CT molecular complexity index is 702. The molecule has 3 nitrogen and oxygen atoms in total. The van der Waals surface area contributed by atoms with Gasteiger partial charge in [-0.15, -0.1) is 0 Å². The molecule has 1 aromatic heterocycles. The number of pyridine rings is 1. The maximum absolute atomic E-state index is 13.3. The number of carbonyl (C=O) groups is 1. The molecule has 0 spiro atoms. The Hall–Kier alpha value is -2.74. The molecule has 2 aromatic rings. The minimum absolute atomic E-state index is 0.215. The molecular formula is C14H7F2NO2. The number of aromatic nitrogens is 1. The zero-order valence-electron chi connectivity index (χ0n) is 9.52. The summed E-state index contributed by atoms with van der Waals surface area (Å²) in [6.45, 7) is 0. The summed E-state index contributed by atoms with van der Waals surface area (Å²) in [7, 11) is 0. The highest BCUT2D eigenvalue weighted by Crippen LogP contribution is 2.07. The summed E-state index contributed by atoms with van der Waals surface area (Å²) in [6.07, 6.45) is 1.15. The van der Waals surface area contributed by atoms with Gasteiger partial charge in [0.05, 0.1) is 0 Å². The van der Waals surface area contributed by atoms with Crippen molar-refractivity contribution in [2.45, 2.75) is 0 Å². The van der Waals surface area contributed by atoms with Crippen LogP contribution >= 0.6 is 0 Å². The number of carboxylic acids is 1. The predicted molar refractivity (Wildman–Crippen MR) is 63.5 cm³/mol. The number of benzene rings is 1. The topological polar surface area (TPSA) is 50.2 Å². The minimum Gasteiger partial charge on any atom is -0.476 e. The molecule has 5 heteroatoms. The first-order valence-electron chi connectivity index (χ1n) is 5.22. The fraction of sp³-hybridized carbons (Fsp3) is 0. The fourth-order valence-electron chi connectivity index (χ4n) is 1.37. The van der Waals surface area contributed by atoms with Crippen LogP contribution < -0.4 is 0 Å². The maximum Gasteiger partial charge on any atom is 0.357 e. The van der Waals surface area contributed by atoms with Crippen LogP contribution in [0.5, 0.6) is 0 Å². The maximum atomic E-state index is 13.3. The third kappa shape index (κ3) is 3.13. The predicted octanol–water partition coefficient (Wildman–Crippen LogP) is 2.46. The van der Waals surface area contributed by atoms with Gasteiger partial charge in [-0.3, -0.25) is 0 Å². The normalized spacial score (nSPS) is 9.58. The van der Waals surface area contributed by atoms with Crippen LogP contribution in [0.2, 0.25) is 0 Å². The average molecular weight is 259 g/mol. The molecule has 1 aromatic carbocycles. The molecular weight excluding hydrogens is 252 g/mol. The molecule has 0 amide bonds. The van der Waals surface area contributed by atoms with Crippen LogP contribution in [0, 0.1) is 23.5 Å². The van der Waals surface area contributed by atoms with Gasteiger partial charge < -0.3 is 5.11 Å². The van der Waals surface area contributed by atoms with E-state index in [-0.39, 0.29) is 5.56 Å². The van der Waals surface area contributed by atoms with Crippen molar-refractivity contribution in [2.24, 2.45) is 0 Å². The average Bonchev–Trinajstić information content (AvgIpc) is 2.36. The Labute approximate surface area is 107 Å². The molecule has 0 aliphatic rings. The van der Waals surface area contributed by atoms with Gasteiger partial charge in [-0.1, -0.05) is 17.9 Å². The van der Waals surface area contributed by atoms with Crippen molar-refractivity contribution in [3.05, 3.63) is 65.0 Å². The second-order valence-corrected chi connectivity index (χ2v) is 3.62. The smallest absolute Gasteiger partial charge is 0.357 e. The molecule has 0 unspecified atom stereocenters. The van der Waals surface area contributed by atoms with Crippen molar-refractivity contribution >= 4 is 5.97 Å². The minimum atomic E-state index is -1.44. The van der Waals surface area contributed by atoms with E-state index in [1.165, 1.54) is 18.2 Å². The number of hydrogen-bond donors (Lipinski definition) is 1. The fourth-order valence-corrected chi connectivity index (χ4v) is 1.37. The molecule has 0 aliphatic heterocycles. The summed E-state index contributed by atoms with van der Waals surface area (Å²) in [5.41, 5.74) is -0.00853. The van der Waals surface area contributed by atoms with E-state index in [1.54, 1.807) is 6.07 Å². The van der Waals surface area contributed by atoms with Gasteiger partial charge in [0.15, 0.2) is 11.5 Å². The van der Waals surface area contributed by atoms with Crippen molar-refractivity contribution < 1.29 is 18.7 Å². The Morgan fingerprint density at radius 2 is 1.89 bits per heavy atom. The van der Waals surface area contributed by atoms with Crippen LogP contribution in [0.15, 0.2) is 36.5 Å². The summed E-state index contributed by atoms with van der Waals surface area (Å²) < 4.78 is 26.2. The van der Waals surface area contributed by atoms with E-state index in [0.717, 1.165) is 12.3 Å². The van der Waals surface area contributed by atoms with Crippen molar-refractivity contribution in [1.82, 2.24) is 4.98 Å². The lowest BCUT2D eigenvalue weighted by atomic mass is 10.2. The van der Waals surface area contributed by atoms with Crippen LogP contribution in [0.3, 0.4) is 0 Å². The Morgan fingerprint density at radius 1 is 1.16 bits per heavy atom. The lowest BCUT2D eigenvalue weighted by molar-refractivity contribution is 0.0685. The van der Waals surface area contributed by atoms with E-state index in [1.807, 2.05) is 0 Å². The van der Waals surface area contributed by atoms with Gasteiger partial charge in [-0.2, -0.15) is 0 Å². The van der Waals surface area contributed by atoms with E-state index in [0.29, 0.717) is 5.56 Å². The van der Waals surface area contributed by atoms with Crippen molar-refractivity contribution in [1.29, 1.82) is 0 Å². The van der Waals surface area contributed by atoms with Crippen LogP contribution in [-0.2, 0) is 0 Å². The lowest BCUT2D eigenvalue weighted by Crippen LogP contribution is -2.04. The summed E-state index contributed by atoms with van der Waals surface area (Å²) in [4.78, 5) is 14.0. The summed E-state index contributed by atoms with van der Waals surface area (Å²) in [6, 6.07) is 6.61. The number of aromatic carboxylic acids is 1. The molecule has 0 aliphatic carbocycles. The monoisotopic (exact) mass is 259 g/mol. The largest absolute Gasteiger partial charge is 0.476 e. The number of hydrogen-bond acceptors (Lipinski definition) is 2. The number of rotatable bonds is 1. The molecule has 0 atom stereocenters. The van der Waals surface area contributed by atoms with Crippen LogP contribution in [0.25, 0.3) is 0 Å². The zero-order valence-corrected chi connectivity index (χ0v) is 9.52. The van der Waals surface area contributed by atoms with Crippen molar-refractivity contribution in [2.75, 3.05) is 0 Å². The van der Waals surface area contributed by atoms with Gasteiger partial charge in [0, 0.05) is 17.3 Å². The van der Waals surface area contributed by atoms with Crippen LogP contribution in [0.1, 0.15) is 21.6 Å². The molecule has 94 valence electrons. The first-order valence-corrected chi connectivity index (χ1v) is 5.22. The van der Waals surface area contributed by atoms with E-state index in [2.05, 4.69) is 16.8 Å². The number of nitrogens with zero attached hydrogens (tertiary/aromatic N) is 1. The second kappa shape index (κ2) is 5.27. The first kappa shape index (κ1) is 12.7.